The fraction of sp³-hybridized carbons (Fsp3) is 0.345. The lowest BCUT2D eigenvalue weighted by molar-refractivity contribution is 0.322. The monoisotopic (exact) mass is 865 g/mol. The number of aliphatic hydroxyl groups is 1. The molecule has 0 amide bonds. The van der Waals surface area contributed by atoms with Gasteiger partial charge in [-0.3, -0.25) is 4.55 Å². The molecule has 298 valence electrons. The van der Waals surface area contributed by atoms with Crippen LogP contribution in [-0.4, -0.2) is 105 Å². The molecule has 2 aromatic carbocycles. The zero-order valence-electron chi connectivity index (χ0n) is 30.1. The molecule has 0 aliphatic rings. The minimum Gasteiger partial charge on any atom is -0.396 e. The van der Waals surface area contributed by atoms with E-state index in [4.69, 9.17) is 12.6 Å². The Morgan fingerprint density at radius 2 is 1.29 bits per heavy atom. The molecule has 0 aliphatic carbocycles. The summed E-state index contributed by atoms with van der Waals surface area (Å²) >= 11 is 3.07. The molecule has 27 heteroatoms. The lowest BCUT2D eigenvalue weighted by atomic mass is 10.2. The number of hydrogen-bond acceptors (Lipinski definition) is 24. The van der Waals surface area contributed by atoms with Crippen LogP contribution in [-0.2, 0) is 20.7 Å². The van der Waals surface area contributed by atoms with Crippen molar-refractivity contribution in [2.75, 3.05) is 59.0 Å². The molecular weight excluding hydrogens is 831 g/mol. The largest absolute Gasteiger partial charge is 0.425 e. The van der Waals surface area contributed by atoms with E-state index in [-0.39, 0.29) is 23.6 Å². The molecule has 0 fully saturated rings. The second kappa shape index (κ2) is 21.2. The fourth-order valence-corrected chi connectivity index (χ4v) is 6.79. The van der Waals surface area contributed by atoms with Crippen molar-refractivity contribution in [2.24, 2.45) is 20.5 Å². The Labute approximate surface area is 334 Å². The van der Waals surface area contributed by atoms with E-state index in [2.05, 4.69) is 90.1 Å². The van der Waals surface area contributed by atoms with Gasteiger partial charge in [0.05, 0.1) is 18.0 Å². The Bertz CT molecular complexity index is 2330. The molecule has 5 rings (SSSR count). The first-order valence-corrected chi connectivity index (χ1v) is 21.5. The predicted molar refractivity (Wildman–Crippen MR) is 212 cm³/mol. The van der Waals surface area contributed by atoms with Gasteiger partial charge in [-0.05, 0) is 64.1 Å². The molecule has 0 atom stereocenters. The van der Waals surface area contributed by atoms with Crippen LogP contribution in [0.3, 0.4) is 0 Å². The molecule has 4 N–H and O–H groups in total. The van der Waals surface area contributed by atoms with Gasteiger partial charge in [0.15, 0.2) is 5.16 Å². The van der Waals surface area contributed by atoms with Gasteiger partial charge in [-0.25, -0.2) is 0 Å². The average Bonchev–Trinajstić information content (AvgIpc) is 3.87. The van der Waals surface area contributed by atoms with Crippen LogP contribution in [0.25, 0.3) is 0 Å². The highest BCUT2D eigenvalue weighted by atomic mass is 32.3. The Morgan fingerprint density at radius 1 is 0.768 bits per heavy atom. The normalized spacial score (nSPS) is 11.4. The van der Waals surface area contributed by atoms with Gasteiger partial charge in [0, 0.05) is 43.3 Å². The second-order valence-electron chi connectivity index (χ2n) is 10.5. The third-order valence-corrected chi connectivity index (χ3v) is 10.5. The van der Waals surface area contributed by atoms with Crippen LogP contribution in [0.4, 0.5) is 56.3 Å². The summed E-state index contributed by atoms with van der Waals surface area (Å²) in [5.41, 5.74) is 5.32. The van der Waals surface area contributed by atoms with Crippen molar-refractivity contribution in [3.05, 3.63) is 41.9 Å². The molecule has 3 aromatic heterocycles. The van der Waals surface area contributed by atoms with Gasteiger partial charge in [0.2, 0.25) is 11.9 Å². The van der Waals surface area contributed by atoms with Crippen molar-refractivity contribution >= 4 is 111 Å². The van der Waals surface area contributed by atoms with Crippen molar-refractivity contribution in [1.29, 1.82) is 0 Å². The summed E-state index contributed by atoms with van der Waals surface area (Å²) in [7, 11) is -7.65. The number of azo groups is 2. The minimum absolute atomic E-state index is 0.0771. The number of rotatable bonds is 18. The molecule has 0 saturated heterocycles. The lowest BCUT2D eigenvalue weighted by Gasteiger charge is -2.22. The van der Waals surface area contributed by atoms with Gasteiger partial charge < -0.3 is 25.5 Å². The van der Waals surface area contributed by atoms with E-state index in [0.29, 0.717) is 50.1 Å². The number of nitrogens with one attached hydrogen (secondary N) is 2. The third-order valence-electron chi connectivity index (χ3n) is 7.10. The van der Waals surface area contributed by atoms with Gasteiger partial charge in [-0.1, -0.05) is 34.4 Å². The Kier molecular flexibility index (Phi) is 16.5. The van der Waals surface area contributed by atoms with Gasteiger partial charge in [-0.15, -0.1) is 53.5 Å². The smallest absolute Gasteiger partial charge is 0.396 e. The summed E-state index contributed by atoms with van der Waals surface area (Å²) in [6.45, 7) is 11.2. The maximum Gasteiger partial charge on any atom is 0.425 e. The number of benzene rings is 2. The van der Waals surface area contributed by atoms with E-state index in [0.717, 1.165) is 37.6 Å². The van der Waals surface area contributed by atoms with Crippen LogP contribution >= 0.6 is 34.4 Å². The van der Waals surface area contributed by atoms with Crippen molar-refractivity contribution < 1.29 is 30.7 Å². The summed E-state index contributed by atoms with van der Waals surface area (Å²) in [6, 6.07) is 11.2. The van der Waals surface area contributed by atoms with Crippen molar-refractivity contribution in [3.8, 4) is 0 Å². The van der Waals surface area contributed by atoms with E-state index in [9.17, 15) is 18.1 Å². The second-order valence-corrected chi connectivity index (χ2v) is 15.3. The summed E-state index contributed by atoms with van der Waals surface area (Å²) in [5.74, 6) is 0.690. The first kappa shape index (κ1) is 43.5. The van der Waals surface area contributed by atoms with E-state index in [1.165, 1.54) is 23.1 Å². The van der Waals surface area contributed by atoms with Crippen LogP contribution in [0.2, 0.25) is 0 Å². The maximum atomic E-state index is 11.5. The van der Waals surface area contributed by atoms with Gasteiger partial charge in [0.1, 0.15) is 16.9 Å². The van der Waals surface area contributed by atoms with Crippen molar-refractivity contribution in [1.82, 2.24) is 35.3 Å². The number of hydrogen-bond donors (Lipinski definition) is 4. The molecule has 0 bridgehead atoms. The van der Waals surface area contributed by atoms with Gasteiger partial charge in [-0.2, -0.15) is 23.4 Å². The number of thioether (sulfide) groups is 1. The summed E-state index contributed by atoms with van der Waals surface area (Å²) in [5, 5.41) is 48.7. The third kappa shape index (κ3) is 13.0. The zero-order chi connectivity index (χ0) is 40.7. The van der Waals surface area contributed by atoms with Gasteiger partial charge >= 0.3 is 20.7 Å². The molecule has 56 heavy (non-hydrogen) atoms. The fourth-order valence-electron chi connectivity index (χ4n) is 4.66. The van der Waals surface area contributed by atoms with Crippen LogP contribution in [0.15, 0.2) is 71.9 Å². The van der Waals surface area contributed by atoms with Crippen LogP contribution in [0.5, 0.6) is 0 Å². The summed E-state index contributed by atoms with van der Waals surface area (Å²) in [6.07, 6.45) is 0. The predicted octanol–water partition coefficient (Wildman–Crippen LogP) is 5.91. The molecule has 0 unspecified atom stereocenters. The number of nitrogens with zero attached hydrogens (tertiary/aromatic N) is 13. The molecule has 22 nitrogen and oxygen atoms in total. The zero-order valence-corrected chi connectivity index (χ0v) is 34.2. The quantitative estimate of drug-likeness (QED) is 0.0452. The summed E-state index contributed by atoms with van der Waals surface area (Å²) < 4.78 is 57.0. The van der Waals surface area contributed by atoms with Crippen molar-refractivity contribution in [2.45, 2.75) is 37.2 Å². The number of aliphatic hydroxyl groups excluding tert-OH is 1. The maximum absolute atomic E-state index is 11.5. The average molecular weight is 866 g/mol. The highest BCUT2D eigenvalue weighted by Gasteiger charge is 2.18. The Hall–Kier alpha value is -5.19. The molecule has 5 aromatic rings. The van der Waals surface area contributed by atoms with E-state index in [1.807, 2.05) is 44.2 Å². The highest BCUT2D eigenvalue weighted by Crippen LogP contribution is 2.36. The first-order valence-electron chi connectivity index (χ1n) is 16.4. The van der Waals surface area contributed by atoms with Crippen LogP contribution in [0.1, 0.15) is 27.7 Å². The highest BCUT2D eigenvalue weighted by molar-refractivity contribution is 7.99. The number of anilines is 6. The topological polar surface area (TPSA) is 296 Å². The van der Waals surface area contributed by atoms with Crippen LogP contribution < -0.4 is 20.4 Å². The molecule has 0 spiro atoms. The Balaban J connectivity index is 0.00000166. The SMILES string of the molecule is CCN(CC)c1ccc(N=Nc2nncs2)c(Nc2nc(Nc3cc(N(CC)CC)ccc3N=Nc3nnc(S(=O)(=O)O)s3)nc(SCCO)n2)c1.O=S(=O)=O. The Morgan fingerprint density at radius 3 is 1.71 bits per heavy atom. The van der Waals surface area contributed by atoms with Gasteiger partial charge in [0.25, 0.3) is 14.6 Å². The van der Waals surface area contributed by atoms with E-state index < -0.39 is 25.1 Å². The standard InChI is InChI=1S/C29H35N15O4S4.O3S/c1-5-43(6-2)18-9-11-20(36-39-27-38-30-17-50-27)22(15-18)31-24-33-25(35-26(34-24)49-14-13-45)32-23-16-19(44(7-3)8-4)10-12-21(23)37-40-28-41-42-29(51-28)52(46,47)48;1-4(2)3/h9-12,15-17,45H,5-8,13-14H2,1-4H3,(H,46,47,48)(H2,31,32,33,34,35);. The molecule has 0 radical (unpaired) electrons. The van der Waals surface area contributed by atoms with Crippen molar-refractivity contribution in [3.63, 3.8) is 0 Å². The van der Waals surface area contributed by atoms with E-state index in [1.54, 1.807) is 11.6 Å². The minimum atomic E-state index is -4.54. The van der Waals surface area contributed by atoms with E-state index >= 15 is 0 Å². The molecule has 3 heterocycles. The lowest BCUT2D eigenvalue weighted by Crippen LogP contribution is -2.21. The molecule has 0 saturated carbocycles. The first-order chi connectivity index (χ1) is 26.9. The number of aromatic nitrogens is 7. The molecular formula is C29H35N15O7S5. The molecule has 0 aliphatic heterocycles. The van der Waals surface area contributed by atoms with Crippen LogP contribution in [0, 0.1) is 0 Å². The summed E-state index contributed by atoms with van der Waals surface area (Å²) in [4.78, 5) is 18.2.